The van der Waals surface area contributed by atoms with Crippen molar-refractivity contribution in [3.8, 4) is 0 Å². The zero-order valence-corrected chi connectivity index (χ0v) is 6.53. The molecule has 1 aromatic carbocycles. The van der Waals surface area contributed by atoms with Crippen LogP contribution in [0.15, 0.2) is 30.5 Å². The number of benzene rings is 1. The zero-order valence-electron chi connectivity index (χ0n) is 6.53. The van der Waals surface area contributed by atoms with Gasteiger partial charge in [0.05, 0.1) is 0 Å². The molecule has 2 nitrogen and oxygen atoms in total. The van der Waals surface area contributed by atoms with Crippen molar-refractivity contribution in [2.75, 3.05) is 0 Å². The van der Waals surface area contributed by atoms with Gasteiger partial charge in [0.2, 0.25) is 0 Å². The van der Waals surface area contributed by atoms with Crippen LogP contribution in [0.1, 0.15) is 17.2 Å². The number of carbonyl (C=O) groups excluding carboxylic acids is 1. The van der Waals surface area contributed by atoms with E-state index >= 15 is 0 Å². The van der Waals surface area contributed by atoms with Crippen molar-refractivity contribution in [1.82, 2.24) is 5.32 Å². The molecular formula is C10H9NO. The smallest absolute Gasteiger partial charge is 0.146 e. The molecule has 2 rings (SSSR count). The molecule has 60 valence electrons. The molecule has 1 atom stereocenters. The lowest BCUT2D eigenvalue weighted by Gasteiger charge is -2.17. The Bertz CT molecular complexity index is 330. The van der Waals surface area contributed by atoms with Gasteiger partial charge in [0, 0.05) is 0 Å². The summed E-state index contributed by atoms with van der Waals surface area (Å²) in [6.07, 6.45) is 4.69. The first kappa shape index (κ1) is 7.10. The van der Waals surface area contributed by atoms with Crippen LogP contribution in [0.3, 0.4) is 0 Å². The van der Waals surface area contributed by atoms with Gasteiger partial charge in [-0.1, -0.05) is 24.3 Å². The van der Waals surface area contributed by atoms with Crippen LogP contribution in [0, 0.1) is 0 Å². The molecule has 0 spiro atoms. The summed E-state index contributed by atoms with van der Waals surface area (Å²) in [6.45, 7) is 0. The fourth-order valence-corrected chi connectivity index (χ4v) is 1.39. The van der Waals surface area contributed by atoms with Crippen molar-refractivity contribution >= 4 is 12.4 Å². The molecule has 12 heavy (non-hydrogen) atoms. The van der Waals surface area contributed by atoms with Crippen LogP contribution in [0.5, 0.6) is 0 Å². The SMILES string of the molecule is O=CC1NC=Cc2ccccc21. The van der Waals surface area contributed by atoms with Crippen LogP contribution in [0.2, 0.25) is 0 Å². The lowest BCUT2D eigenvalue weighted by Crippen LogP contribution is -2.20. The van der Waals surface area contributed by atoms with E-state index < -0.39 is 0 Å². The molecule has 1 unspecified atom stereocenters. The first-order valence-corrected chi connectivity index (χ1v) is 3.88. The monoisotopic (exact) mass is 159 g/mol. The lowest BCUT2D eigenvalue weighted by atomic mass is 9.99. The van der Waals surface area contributed by atoms with Gasteiger partial charge in [0.1, 0.15) is 12.3 Å². The number of carbonyl (C=O) groups is 1. The molecule has 0 aliphatic carbocycles. The maximum Gasteiger partial charge on any atom is 0.146 e. The summed E-state index contributed by atoms with van der Waals surface area (Å²) in [6, 6.07) is 7.70. The maximum atomic E-state index is 10.6. The Kier molecular flexibility index (Phi) is 1.67. The summed E-state index contributed by atoms with van der Waals surface area (Å²) in [5, 5.41) is 2.98. The largest absolute Gasteiger partial charge is 0.378 e. The van der Waals surface area contributed by atoms with Crippen molar-refractivity contribution in [2.24, 2.45) is 0 Å². The van der Waals surface area contributed by atoms with Gasteiger partial charge >= 0.3 is 0 Å². The summed E-state index contributed by atoms with van der Waals surface area (Å²) in [5.74, 6) is 0. The highest BCUT2D eigenvalue weighted by molar-refractivity contribution is 5.69. The minimum absolute atomic E-state index is 0.175. The third-order valence-electron chi connectivity index (χ3n) is 2.01. The van der Waals surface area contributed by atoms with Gasteiger partial charge in [0.25, 0.3) is 0 Å². The van der Waals surface area contributed by atoms with E-state index in [0.717, 1.165) is 17.4 Å². The Hall–Kier alpha value is -1.57. The molecule has 0 amide bonds. The first-order valence-electron chi connectivity index (χ1n) is 3.88. The highest BCUT2D eigenvalue weighted by atomic mass is 16.1. The quantitative estimate of drug-likeness (QED) is 0.629. The Morgan fingerprint density at radius 2 is 2.17 bits per heavy atom. The number of aldehydes is 1. The van der Waals surface area contributed by atoms with Crippen LogP contribution in [-0.2, 0) is 4.79 Å². The fraction of sp³-hybridized carbons (Fsp3) is 0.100. The molecule has 1 aliphatic heterocycles. The molecule has 0 fully saturated rings. The molecule has 0 bridgehead atoms. The number of hydrogen-bond donors (Lipinski definition) is 1. The van der Waals surface area contributed by atoms with Crippen molar-refractivity contribution < 1.29 is 4.79 Å². The molecule has 1 N–H and O–H groups in total. The molecule has 1 heterocycles. The summed E-state index contributed by atoms with van der Waals surface area (Å²) in [5.41, 5.74) is 2.17. The van der Waals surface area contributed by atoms with Crippen molar-refractivity contribution in [2.45, 2.75) is 6.04 Å². The summed E-state index contributed by atoms with van der Waals surface area (Å²) < 4.78 is 0. The van der Waals surface area contributed by atoms with Crippen molar-refractivity contribution in [1.29, 1.82) is 0 Å². The number of hydrogen-bond acceptors (Lipinski definition) is 2. The van der Waals surface area contributed by atoms with E-state index in [1.807, 2.05) is 30.3 Å². The Morgan fingerprint density at radius 1 is 1.33 bits per heavy atom. The summed E-state index contributed by atoms with van der Waals surface area (Å²) in [4.78, 5) is 10.6. The van der Waals surface area contributed by atoms with Crippen LogP contribution in [0.4, 0.5) is 0 Å². The van der Waals surface area contributed by atoms with Crippen LogP contribution < -0.4 is 5.32 Å². The Balaban J connectivity index is 2.52. The normalized spacial score (nSPS) is 19.5. The molecule has 0 radical (unpaired) electrons. The Labute approximate surface area is 70.9 Å². The van der Waals surface area contributed by atoms with Crippen LogP contribution >= 0.6 is 0 Å². The highest BCUT2D eigenvalue weighted by Gasteiger charge is 2.13. The Morgan fingerprint density at radius 3 is 3.00 bits per heavy atom. The van der Waals surface area contributed by atoms with E-state index in [-0.39, 0.29) is 6.04 Å². The van der Waals surface area contributed by atoms with Crippen LogP contribution in [-0.4, -0.2) is 6.29 Å². The first-order chi connectivity index (χ1) is 5.92. The number of fused-ring (bicyclic) bond motifs is 1. The van der Waals surface area contributed by atoms with E-state index in [9.17, 15) is 4.79 Å². The van der Waals surface area contributed by atoms with Crippen LogP contribution in [0.25, 0.3) is 6.08 Å². The van der Waals surface area contributed by atoms with E-state index in [2.05, 4.69) is 5.32 Å². The van der Waals surface area contributed by atoms with Gasteiger partial charge < -0.3 is 10.1 Å². The van der Waals surface area contributed by atoms with Gasteiger partial charge in [-0.25, -0.2) is 0 Å². The third kappa shape index (κ3) is 1.01. The summed E-state index contributed by atoms with van der Waals surface area (Å²) >= 11 is 0. The molecule has 0 aromatic heterocycles. The second kappa shape index (κ2) is 2.81. The fourth-order valence-electron chi connectivity index (χ4n) is 1.39. The molecule has 2 heteroatoms. The molecular weight excluding hydrogens is 150 g/mol. The molecule has 0 saturated carbocycles. The average molecular weight is 159 g/mol. The topological polar surface area (TPSA) is 29.1 Å². The average Bonchev–Trinajstić information content (AvgIpc) is 2.17. The second-order valence-electron chi connectivity index (χ2n) is 2.74. The summed E-state index contributed by atoms with van der Waals surface area (Å²) in [7, 11) is 0. The van der Waals surface area contributed by atoms with Crippen molar-refractivity contribution in [3.63, 3.8) is 0 Å². The molecule has 0 saturated heterocycles. The van der Waals surface area contributed by atoms with E-state index in [1.165, 1.54) is 0 Å². The van der Waals surface area contributed by atoms with Gasteiger partial charge in [-0.3, -0.25) is 0 Å². The lowest BCUT2D eigenvalue weighted by molar-refractivity contribution is -0.109. The highest BCUT2D eigenvalue weighted by Crippen LogP contribution is 2.20. The van der Waals surface area contributed by atoms with Gasteiger partial charge in [-0.2, -0.15) is 0 Å². The predicted molar refractivity (Wildman–Crippen MR) is 47.4 cm³/mol. The maximum absolute atomic E-state index is 10.6. The van der Waals surface area contributed by atoms with Gasteiger partial charge in [-0.05, 0) is 23.4 Å². The van der Waals surface area contributed by atoms with Gasteiger partial charge in [0.15, 0.2) is 0 Å². The van der Waals surface area contributed by atoms with E-state index in [0.29, 0.717) is 0 Å². The van der Waals surface area contributed by atoms with Gasteiger partial charge in [-0.15, -0.1) is 0 Å². The second-order valence-corrected chi connectivity index (χ2v) is 2.74. The molecule has 1 aromatic rings. The van der Waals surface area contributed by atoms with E-state index in [4.69, 9.17) is 0 Å². The van der Waals surface area contributed by atoms with Crippen molar-refractivity contribution in [3.05, 3.63) is 41.6 Å². The standard InChI is InChI=1S/C10H9NO/c12-7-10-9-4-2-1-3-8(9)5-6-11-10/h1-7,10-11H. The third-order valence-corrected chi connectivity index (χ3v) is 2.01. The minimum Gasteiger partial charge on any atom is -0.378 e. The number of nitrogens with one attached hydrogen (secondary N) is 1. The van der Waals surface area contributed by atoms with E-state index in [1.54, 1.807) is 6.20 Å². The molecule has 1 aliphatic rings. The minimum atomic E-state index is -0.175. The predicted octanol–water partition coefficient (Wildman–Crippen LogP) is 1.50. The number of rotatable bonds is 1. The zero-order chi connectivity index (χ0) is 8.39.